The highest BCUT2D eigenvalue weighted by molar-refractivity contribution is 5.80. The molecule has 0 amide bonds. The molecule has 9 heteroatoms. The molecular weight excluding hydrogens is 290 g/mol. The van der Waals surface area contributed by atoms with Crippen molar-refractivity contribution in [2.75, 3.05) is 0 Å². The van der Waals surface area contributed by atoms with E-state index in [9.17, 15) is 20.0 Å². The van der Waals surface area contributed by atoms with Crippen LogP contribution in [0.15, 0.2) is 35.4 Å². The third-order valence-electron chi connectivity index (χ3n) is 3.00. The van der Waals surface area contributed by atoms with Crippen molar-refractivity contribution < 1.29 is 10.0 Å². The number of fused-ring (bicyclic) bond motifs is 1. The average molecular weight is 299 g/mol. The second-order valence-electron chi connectivity index (χ2n) is 4.41. The molecule has 0 fully saturated rings. The lowest BCUT2D eigenvalue weighted by atomic mass is 10.1. The van der Waals surface area contributed by atoms with E-state index in [1.165, 1.54) is 29.1 Å². The van der Waals surface area contributed by atoms with E-state index in [-0.39, 0.29) is 17.0 Å². The second kappa shape index (κ2) is 5.13. The Morgan fingerprint density at radius 3 is 2.68 bits per heavy atom. The molecule has 0 spiro atoms. The van der Waals surface area contributed by atoms with Gasteiger partial charge in [-0.15, -0.1) is 10.2 Å². The summed E-state index contributed by atoms with van der Waals surface area (Å²) in [6.45, 7) is 0. The van der Waals surface area contributed by atoms with E-state index in [0.717, 1.165) is 0 Å². The van der Waals surface area contributed by atoms with Gasteiger partial charge in [-0.3, -0.25) is 20.0 Å². The zero-order valence-corrected chi connectivity index (χ0v) is 11.0. The van der Waals surface area contributed by atoms with Gasteiger partial charge in [0.15, 0.2) is 5.65 Å². The maximum absolute atomic E-state index is 11.8. The molecule has 0 atom stereocenters. The number of benzene rings is 1. The number of phenols is 1. The molecule has 2 aromatic heterocycles. The molecule has 0 aliphatic carbocycles. The van der Waals surface area contributed by atoms with Crippen LogP contribution in [-0.4, -0.2) is 29.8 Å². The molecule has 22 heavy (non-hydrogen) atoms. The maximum Gasteiger partial charge on any atom is 0.346 e. The summed E-state index contributed by atoms with van der Waals surface area (Å²) in [5.74, 6) is 0.110. The third kappa shape index (κ3) is 2.30. The third-order valence-corrected chi connectivity index (χ3v) is 3.00. The number of nitrogens with zero attached hydrogens (tertiary/aromatic N) is 4. The van der Waals surface area contributed by atoms with Crippen LogP contribution in [0, 0.1) is 10.1 Å². The first kappa shape index (κ1) is 13.5. The van der Waals surface area contributed by atoms with Crippen LogP contribution in [-0.2, 0) is 0 Å². The standard InChI is InChI=1S/C13H9N5O4/c19-9-4-1-8(2-5-9)3-6-10-11(18(21)22)13(20)16-17-7-14-15-12(10)17/h1-7,19H,(H,16,20)/b6-3+. The smallest absolute Gasteiger partial charge is 0.346 e. The summed E-state index contributed by atoms with van der Waals surface area (Å²) < 4.78 is 1.21. The molecule has 0 saturated heterocycles. The molecule has 110 valence electrons. The number of phenolic OH excluding ortho intramolecular Hbond substituents is 1. The fraction of sp³-hybridized carbons (Fsp3) is 0. The maximum atomic E-state index is 11.8. The van der Waals surface area contributed by atoms with Crippen molar-refractivity contribution in [1.82, 2.24) is 19.8 Å². The number of rotatable bonds is 3. The number of hydrogen-bond donors (Lipinski definition) is 2. The van der Waals surface area contributed by atoms with Gasteiger partial charge in [-0.25, -0.2) is 4.52 Å². The number of nitro groups is 1. The van der Waals surface area contributed by atoms with Crippen molar-refractivity contribution in [2.24, 2.45) is 0 Å². The monoisotopic (exact) mass is 299 g/mol. The zero-order valence-electron chi connectivity index (χ0n) is 11.0. The first-order chi connectivity index (χ1) is 10.6. The van der Waals surface area contributed by atoms with E-state index in [1.807, 2.05) is 0 Å². The van der Waals surface area contributed by atoms with E-state index in [1.54, 1.807) is 18.2 Å². The van der Waals surface area contributed by atoms with Gasteiger partial charge in [0.2, 0.25) is 0 Å². The number of nitrogens with one attached hydrogen (secondary N) is 1. The van der Waals surface area contributed by atoms with Gasteiger partial charge >= 0.3 is 11.2 Å². The van der Waals surface area contributed by atoms with Crippen molar-refractivity contribution in [1.29, 1.82) is 0 Å². The van der Waals surface area contributed by atoms with Crippen LogP contribution in [0.3, 0.4) is 0 Å². The first-order valence-electron chi connectivity index (χ1n) is 6.14. The molecule has 2 N–H and O–H groups in total. The fourth-order valence-corrected chi connectivity index (χ4v) is 1.99. The molecule has 0 saturated carbocycles. The Morgan fingerprint density at radius 1 is 1.27 bits per heavy atom. The lowest BCUT2D eigenvalue weighted by molar-refractivity contribution is -0.386. The van der Waals surface area contributed by atoms with Gasteiger partial charge in [-0.05, 0) is 23.8 Å². The van der Waals surface area contributed by atoms with Gasteiger partial charge in [0.1, 0.15) is 17.6 Å². The quantitative estimate of drug-likeness (QED) is 0.552. The second-order valence-corrected chi connectivity index (χ2v) is 4.41. The topological polar surface area (TPSA) is 126 Å². The Kier molecular flexibility index (Phi) is 3.14. The number of hydrogen-bond acceptors (Lipinski definition) is 6. The Bertz CT molecular complexity index is 939. The molecule has 0 unspecified atom stereocenters. The van der Waals surface area contributed by atoms with Gasteiger partial charge < -0.3 is 5.11 Å². The number of aromatic nitrogens is 4. The Hall–Kier alpha value is -3.49. The average Bonchev–Trinajstić information content (AvgIpc) is 2.93. The van der Waals surface area contributed by atoms with Crippen molar-refractivity contribution in [2.45, 2.75) is 0 Å². The molecule has 0 aliphatic heterocycles. The van der Waals surface area contributed by atoms with Crippen molar-refractivity contribution in [3.05, 3.63) is 62.2 Å². The van der Waals surface area contributed by atoms with Gasteiger partial charge in [-0.1, -0.05) is 18.2 Å². The molecule has 2 heterocycles. The van der Waals surface area contributed by atoms with Crippen LogP contribution in [0.5, 0.6) is 5.75 Å². The fourth-order valence-electron chi connectivity index (χ4n) is 1.99. The van der Waals surface area contributed by atoms with Crippen LogP contribution in [0.25, 0.3) is 17.8 Å². The lowest BCUT2D eigenvalue weighted by Crippen LogP contribution is -2.17. The normalized spacial score (nSPS) is 11.3. The molecule has 3 aromatic rings. The van der Waals surface area contributed by atoms with Crippen LogP contribution >= 0.6 is 0 Å². The number of aromatic hydroxyl groups is 1. The molecule has 9 nitrogen and oxygen atoms in total. The minimum Gasteiger partial charge on any atom is -0.508 e. The highest BCUT2D eigenvalue weighted by atomic mass is 16.6. The van der Waals surface area contributed by atoms with E-state index < -0.39 is 16.2 Å². The van der Waals surface area contributed by atoms with E-state index >= 15 is 0 Å². The predicted molar refractivity (Wildman–Crippen MR) is 77.3 cm³/mol. The summed E-state index contributed by atoms with van der Waals surface area (Å²) in [6, 6.07) is 6.23. The SMILES string of the molecule is O=c1[nH]n2cnnc2c(/C=C/c2ccc(O)cc2)c1[N+](=O)[O-]. The van der Waals surface area contributed by atoms with Gasteiger partial charge in [0, 0.05) is 0 Å². The lowest BCUT2D eigenvalue weighted by Gasteiger charge is -2.00. The zero-order chi connectivity index (χ0) is 15.7. The first-order valence-corrected chi connectivity index (χ1v) is 6.14. The summed E-state index contributed by atoms with van der Waals surface area (Å²) in [5.41, 5.74) is -0.524. The van der Waals surface area contributed by atoms with Crippen molar-refractivity contribution >= 4 is 23.5 Å². The predicted octanol–water partition coefficient (Wildman–Crippen LogP) is 1.20. The summed E-state index contributed by atoms with van der Waals surface area (Å²) in [7, 11) is 0. The molecule has 0 bridgehead atoms. The highest BCUT2D eigenvalue weighted by Gasteiger charge is 2.22. The highest BCUT2D eigenvalue weighted by Crippen LogP contribution is 2.20. The summed E-state index contributed by atoms with van der Waals surface area (Å²) in [6.07, 6.45) is 4.25. The minimum absolute atomic E-state index is 0.0549. The summed E-state index contributed by atoms with van der Waals surface area (Å²) in [4.78, 5) is 22.2. The van der Waals surface area contributed by atoms with E-state index in [0.29, 0.717) is 5.56 Å². The molecule has 1 aromatic carbocycles. The van der Waals surface area contributed by atoms with Crippen LogP contribution in [0.4, 0.5) is 5.69 Å². The van der Waals surface area contributed by atoms with Crippen LogP contribution < -0.4 is 5.56 Å². The Morgan fingerprint density at radius 2 is 2.00 bits per heavy atom. The number of aromatic amines is 1. The van der Waals surface area contributed by atoms with Crippen LogP contribution in [0.1, 0.15) is 11.1 Å². The van der Waals surface area contributed by atoms with Gasteiger partial charge in [0.05, 0.1) is 4.92 Å². The van der Waals surface area contributed by atoms with E-state index in [2.05, 4.69) is 15.3 Å². The van der Waals surface area contributed by atoms with Gasteiger partial charge in [-0.2, -0.15) is 0 Å². The van der Waals surface area contributed by atoms with Crippen molar-refractivity contribution in [3.8, 4) is 5.75 Å². The summed E-state index contributed by atoms with van der Waals surface area (Å²) in [5, 5.41) is 30.0. The van der Waals surface area contributed by atoms with Crippen LogP contribution in [0.2, 0.25) is 0 Å². The molecular formula is C13H9N5O4. The Balaban J connectivity index is 2.18. The molecule has 0 aliphatic rings. The largest absolute Gasteiger partial charge is 0.508 e. The molecule has 3 rings (SSSR count). The van der Waals surface area contributed by atoms with Gasteiger partial charge in [0.25, 0.3) is 0 Å². The van der Waals surface area contributed by atoms with Crippen molar-refractivity contribution in [3.63, 3.8) is 0 Å². The Labute approximate surface area is 122 Å². The number of H-pyrrole nitrogens is 1. The molecule has 0 radical (unpaired) electrons. The minimum atomic E-state index is -0.845. The summed E-state index contributed by atoms with van der Waals surface area (Å²) >= 11 is 0. The van der Waals surface area contributed by atoms with E-state index in [4.69, 9.17) is 0 Å².